The summed E-state index contributed by atoms with van der Waals surface area (Å²) in [6.45, 7) is 6.40. The monoisotopic (exact) mass is 287 g/mol. The van der Waals surface area contributed by atoms with E-state index in [1.807, 2.05) is 46.0 Å². The number of anilines is 1. The van der Waals surface area contributed by atoms with Gasteiger partial charge in [-0.1, -0.05) is 13.0 Å². The molecule has 1 aromatic carbocycles. The highest BCUT2D eigenvalue weighted by molar-refractivity contribution is 5.93. The summed E-state index contributed by atoms with van der Waals surface area (Å²) in [4.78, 5) is 16.4. The Labute approximate surface area is 124 Å². The van der Waals surface area contributed by atoms with Crippen LogP contribution in [0.4, 0.5) is 5.69 Å². The number of rotatable bonds is 5. The van der Waals surface area contributed by atoms with E-state index in [4.69, 9.17) is 4.42 Å². The summed E-state index contributed by atoms with van der Waals surface area (Å²) in [6.07, 6.45) is 1.62. The van der Waals surface area contributed by atoms with Crippen LogP contribution in [0.1, 0.15) is 18.2 Å². The Morgan fingerprint density at radius 1 is 1.38 bits per heavy atom. The second-order valence-corrected chi connectivity index (χ2v) is 5.27. The van der Waals surface area contributed by atoms with Crippen molar-refractivity contribution in [1.82, 2.24) is 10.3 Å². The summed E-state index contributed by atoms with van der Waals surface area (Å²) in [6, 6.07) is 5.73. The van der Waals surface area contributed by atoms with Crippen LogP contribution in [0.25, 0.3) is 11.5 Å². The van der Waals surface area contributed by atoms with Gasteiger partial charge < -0.3 is 15.1 Å². The molecule has 2 N–H and O–H groups in total. The first-order valence-electron chi connectivity index (χ1n) is 7.00. The molecule has 112 valence electrons. The predicted octanol–water partition coefficient (Wildman–Crippen LogP) is 2.75. The molecule has 0 fully saturated rings. The van der Waals surface area contributed by atoms with E-state index in [-0.39, 0.29) is 11.8 Å². The molecule has 0 saturated heterocycles. The zero-order valence-electron chi connectivity index (χ0n) is 12.9. The molecule has 2 aromatic rings. The van der Waals surface area contributed by atoms with E-state index in [2.05, 4.69) is 15.6 Å². The van der Waals surface area contributed by atoms with E-state index in [0.29, 0.717) is 12.4 Å². The number of aryl methyl sites for hydroxylation is 2. The number of carbonyl (C=O) groups is 1. The molecular formula is C16H21N3O2. The maximum Gasteiger partial charge on any atom is 0.228 e. The van der Waals surface area contributed by atoms with Gasteiger partial charge in [-0.3, -0.25) is 4.79 Å². The van der Waals surface area contributed by atoms with Gasteiger partial charge in [0.25, 0.3) is 0 Å². The van der Waals surface area contributed by atoms with E-state index in [9.17, 15) is 4.79 Å². The molecule has 1 aromatic heterocycles. The Kier molecular flexibility index (Phi) is 4.75. The normalized spacial score (nSPS) is 12.2. The molecule has 0 aliphatic rings. The molecule has 1 atom stereocenters. The highest BCUT2D eigenvalue weighted by Gasteiger charge is 2.14. The third kappa shape index (κ3) is 3.70. The fourth-order valence-electron chi connectivity index (χ4n) is 2.07. The van der Waals surface area contributed by atoms with E-state index >= 15 is 0 Å². The summed E-state index contributed by atoms with van der Waals surface area (Å²) < 4.78 is 5.44. The van der Waals surface area contributed by atoms with Gasteiger partial charge in [0, 0.05) is 23.7 Å². The van der Waals surface area contributed by atoms with Gasteiger partial charge in [0.2, 0.25) is 11.8 Å². The van der Waals surface area contributed by atoms with Crippen molar-refractivity contribution in [1.29, 1.82) is 0 Å². The minimum atomic E-state index is -0.0938. The quantitative estimate of drug-likeness (QED) is 0.887. The molecule has 0 bridgehead atoms. The van der Waals surface area contributed by atoms with Gasteiger partial charge in [-0.2, -0.15) is 0 Å². The molecule has 0 radical (unpaired) electrons. The molecular weight excluding hydrogens is 266 g/mol. The maximum atomic E-state index is 12.0. The van der Waals surface area contributed by atoms with Gasteiger partial charge in [-0.15, -0.1) is 0 Å². The highest BCUT2D eigenvalue weighted by atomic mass is 16.3. The van der Waals surface area contributed by atoms with Crippen molar-refractivity contribution in [3.8, 4) is 11.5 Å². The number of oxazole rings is 1. The number of hydrogen-bond donors (Lipinski definition) is 2. The Balaban J connectivity index is 2.21. The molecule has 0 aliphatic heterocycles. The van der Waals surface area contributed by atoms with Gasteiger partial charge in [-0.05, 0) is 38.6 Å². The lowest BCUT2D eigenvalue weighted by molar-refractivity contribution is -0.119. The largest absolute Gasteiger partial charge is 0.444 e. The second kappa shape index (κ2) is 6.54. The van der Waals surface area contributed by atoms with Gasteiger partial charge in [-0.25, -0.2) is 4.98 Å². The lowest BCUT2D eigenvalue weighted by Gasteiger charge is -2.12. The third-order valence-electron chi connectivity index (χ3n) is 3.31. The molecule has 0 aliphatic carbocycles. The van der Waals surface area contributed by atoms with Crippen LogP contribution in [-0.2, 0) is 4.79 Å². The first-order valence-corrected chi connectivity index (χ1v) is 7.00. The summed E-state index contributed by atoms with van der Waals surface area (Å²) >= 11 is 0. The van der Waals surface area contributed by atoms with Crippen LogP contribution in [0.5, 0.6) is 0 Å². The lowest BCUT2D eigenvalue weighted by Crippen LogP contribution is -2.28. The highest BCUT2D eigenvalue weighted by Crippen LogP contribution is 2.26. The number of nitrogens with one attached hydrogen (secondary N) is 2. The molecule has 5 heteroatoms. The standard InChI is InChI=1S/C16H21N3O2/c1-10-5-6-13(19-15(20)11(2)8-17-4)7-14(10)16-18-12(3)9-21-16/h5-7,9,11,17H,8H2,1-4H3,(H,19,20). The zero-order chi connectivity index (χ0) is 15.4. The van der Waals surface area contributed by atoms with Crippen LogP contribution >= 0.6 is 0 Å². The topological polar surface area (TPSA) is 67.2 Å². The zero-order valence-corrected chi connectivity index (χ0v) is 12.9. The molecule has 1 heterocycles. The van der Waals surface area contributed by atoms with Gasteiger partial charge in [0.1, 0.15) is 6.26 Å². The number of amides is 1. The first kappa shape index (κ1) is 15.3. The Morgan fingerprint density at radius 3 is 2.76 bits per heavy atom. The van der Waals surface area contributed by atoms with Gasteiger partial charge in [0.15, 0.2) is 0 Å². The van der Waals surface area contributed by atoms with Crippen molar-refractivity contribution in [2.45, 2.75) is 20.8 Å². The van der Waals surface area contributed by atoms with Crippen LogP contribution in [0, 0.1) is 19.8 Å². The Hall–Kier alpha value is -2.14. The number of nitrogens with zero attached hydrogens (tertiary/aromatic N) is 1. The van der Waals surface area contributed by atoms with Crippen molar-refractivity contribution in [3.05, 3.63) is 35.7 Å². The van der Waals surface area contributed by atoms with Crippen LogP contribution in [-0.4, -0.2) is 24.5 Å². The molecule has 1 unspecified atom stereocenters. The minimum absolute atomic E-state index is 0.0114. The van der Waals surface area contributed by atoms with E-state index in [1.54, 1.807) is 6.26 Å². The van der Waals surface area contributed by atoms with E-state index in [1.165, 1.54) is 0 Å². The molecule has 21 heavy (non-hydrogen) atoms. The van der Waals surface area contributed by atoms with Crippen molar-refractivity contribution < 1.29 is 9.21 Å². The predicted molar refractivity (Wildman–Crippen MR) is 83.1 cm³/mol. The first-order chi connectivity index (χ1) is 10.0. The number of aromatic nitrogens is 1. The fraction of sp³-hybridized carbons (Fsp3) is 0.375. The summed E-state index contributed by atoms with van der Waals surface area (Å²) in [5, 5.41) is 5.92. The lowest BCUT2D eigenvalue weighted by atomic mass is 10.1. The van der Waals surface area contributed by atoms with Crippen molar-refractivity contribution in [2.24, 2.45) is 5.92 Å². The number of benzene rings is 1. The fourth-order valence-corrected chi connectivity index (χ4v) is 2.07. The molecule has 0 saturated carbocycles. The average Bonchev–Trinajstić information content (AvgIpc) is 2.87. The van der Waals surface area contributed by atoms with Crippen molar-refractivity contribution >= 4 is 11.6 Å². The molecule has 2 rings (SSSR count). The Morgan fingerprint density at radius 2 is 2.14 bits per heavy atom. The number of carbonyl (C=O) groups excluding carboxylic acids is 1. The van der Waals surface area contributed by atoms with Crippen molar-refractivity contribution in [3.63, 3.8) is 0 Å². The summed E-state index contributed by atoms with van der Waals surface area (Å²) in [5.74, 6) is 0.468. The maximum absolute atomic E-state index is 12.0. The third-order valence-corrected chi connectivity index (χ3v) is 3.31. The SMILES string of the molecule is CNCC(C)C(=O)Nc1ccc(C)c(-c2nc(C)co2)c1. The van der Waals surface area contributed by atoms with E-state index < -0.39 is 0 Å². The second-order valence-electron chi connectivity index (χ2n) is 5.27. The summed E-state index contributed by atoms with van der Waals surface area (Å²) in [5.41, 5.74) is 3.53. The Bertz CT molecular complexity index is 634. The van der Waals surface area contributed by atoms with Gasteiger partial charge in [0.05, 0.1) is 5.69 Å². The van der Waals surface area contributed by atoms with Gasteiger partial charge >= 0.3 is 0 Å². The van der Waals surface area contributed by atoms with Crippen molar-refractivity contribution in [2.75, 3.05) is 18.9 Å². The molecule has 5 nitrogen and oxygen atoms in total. The average molecular weight is 287 g/mol. The van der Waals surface area contributed by atoms with Crippen LogP contribution < -0.4 is 10.6 Å². The van der Waals surface area contributed by atoms with Crippen LogP contribution in [0.2, 0.25) is 0 Å². The van der Waals surface area contributed by atoms with E-state index in [0.717, 1.165) is 22.5 Å². The van der Waals surface area contributed by atoms with Crippen LogP contribution in [0.15, 0.2) is 28.9 Å². The smallest absolute Gasteiger partial charge is 0.228 e. The minimum Gasteiger partial charge on any atom is -0.444 e. The molecule has 0 spiro atoms. The molecule has 1 amide bonds. The number of hydrogen-bond acceptors (Lipinski definition) is 4. The summed E-state index contributed by atoms with van der Waals surface area (Å²) in [7, 11) is 1.83. The van der Waals surface area contributed by atoms with Crippen LogP contribution in [0.3, 0.4) is 0 Å².